The normalized spacial score (nSPS) is 10.5. The molecule has 5 nitrogen and oxygen atoms in total. The number of rotatable bonds is 30. The summed E-state index contributed by atoms with van der Waals surface area (Å²) in [5.41, 5.74) is 5.45. The predicted octanol–water partition coefficient (Wildman–Crippen LogP) is 10.4. The number of carbonyl (C=O) groups excluding carboxylic acids is 2. The number of nitrogens with zero attached hydrogens (tertiary/aromatic N) is 1. The molecule has 3 N–H and O–H groups in total. The first-order chi connectivity index (χ1) is 20.6. The van der Waals surface area contributed by atoms with Crippen LogP contribution in [0.5, 0.6) is 0 Å². The standard InChI is InChI=1S/C14H29NO.C14H31N.C9H19NO/c1-3-5-6-7-8-9-10-11-13-15-14(16)12-4-2;1-2-3-4-5-6-7-8-9-10-11-12-13-14-15;1-3-6-10(7-4-2)8-5-9-11/h3-13H2,1-2H3,(H,15,16);2-15H2,1H3;9H,3-8H2,1-2H3. The number of unbranched alkanes of at least 4 members (excludes halogenated alkanes) is 18. The third-order valence-corrected chi connectivity index (χ3v) is 7.53. The van der Waals surface area contributed by atoms with Gasteiger partial charge >= 0.3 is 0 Å². The molecule has 0 heterocycles. The Balaban J connectivity index is -0.000000553. The lowest BCUT2D eigenvalue weighted by atomic mass is 10.1. The van der Waals surface area contributed by atoms with Gasteiger partial charge in [-0.3, -0.25) is 4.79 Å². The van der Waals surface area contributed by atoms with E-state index in [1.165, 1.54) is 135 Å². The maximum absolute atomic E-state index is 11.1. The first-order valence-corrected chi connectivity index (χ1v) is 18.7. The second-order valence-corrected chi connectivity index (χ2v) is 12.0. The average molecular weight is 598 g/mol. The Morgan fingerprint density at radius 1 is 0.548 bits per heavy atom. The number of hydrogen-bond donors (Lipinski definition) is 2. The summed E-state index contributed by atoms with van der Waals surface area (Å²) in [6.45, 7) is 15.8. The lowest BCUT2D eigenvalue weighted by Gasteiger charge is -2.19. The summed E-state index contributed by atoms with van der Waals surface area (Å²) < 4.78 is 0. The van der Waals surface area contributed by atoms with E-state index in [1.807, 2.05) is 6.92 Å². The molecular weight excluding hydrogens is 518 g/mol. The van der Waals surface area contributed by atoms with Crippen LogP contribution in [0.25, 0.3) is 0 Å². The third kappa shape index (κ3) is 46.0. The van der Waals surface area contributed by atoms with Crippen molar-refractivity contribution in [1.82, 2.24) is 10.2 Å². The molecule has 0 radical (unpaired) electrons. The number of hydrogen-bond acceptors (Lipinski definition) is 4. The van der Waals surface area contributed by atoms with E-state index in [0.29, 0.717) is 12.8 Å². The quantitative estimate of drug-likeness (QED) is 0.0638. The van der Waals surface area contributed by atoms with E-state index in [0.717, 1.165) is 51.9 Å². The molecule has 0 aromatic carbocycles. The summed E-state index contributed by atoms with van der Waals surface area (Å²) in [6.07, 6.45) is 33.1. The molecule has 254 valence electrons. The molecular formula is C37H79N3O2. The average Bonchev–Trinajstić information content (AvgIpc) is 2.99. The monoisotopic (exact) mass is 598 g/mol. The fourth-order valence-electron chi connectivity index (χ4n) is 4.99. The molecule has 0 saturated carbocycles. The van der Waals surface area contributed by atoms with Crippen LogP contribution in [0.1, 0.15) is 195 Å². The van der Waals surface area contributed by atoms with Gasteiger partial charge in [-0.15, -0.1) is 0 Å². The highest BCUT2D eigenvalue weighted by Gasteiger charge is 2.00. The molecule has 0 aliphatic heterocycles. The maximum Gasteiger partial charge on any atom is 0.219 e. The molecule has 42 heavy (non-hydrogen) atoms. The molecule has 0 aromatic heterocycles. The van der Waals surface area contributed by atoms with E-state index >= 15 is 0 Å². The Morgan fingerprint density at radius 3 is 1.31 bits per heavy atom. The van der Waals surface area contributed by atoms with Crippen LogP contribution >= 0.6 is 0 Å². The molecule has 0 bridgehead atoms. The zero-order valence-electron chi connectivity index (χ0n) is 29.6. The fourth-order valence-corrected chi connectivity index (χ4v) is 4.99. The lowest BCUT2D eigenvalue weighted by Crippen LogP contribution is -2.26. The smallest absolute Gasteiger partial charge is 0.219 e. The molecule has 0 atom stereocenters. The van der Waals surface area contributed by atoms with E-state index in [9.17, 15) is 9.59 Å². The van der Waals surface area contributed by atoms with Gasteiger partial charge in [0.05, 0.1) is 0 Å². The van der Waals surface area contributed by atoms with Crippen molar-refractivity contribution in [2.24, 2.45) is 5.73 Å². The highest BCUT2D eigenvalue weighted by molar-refractivity contribution is 5.75. The molecule has 0 rings (SSSR count). The summed E-state index contributed by atoms with van der Waals surface area (Å²) in [7, 11) is 0. The second-order valence-electron chi connectivity index (χ2n) is 12.0. The number of aldehydes is 1. The molecule has 1 amide bonds. The van der Waals surface area contributed by atoms with Crippen molar-refractivity contribution in [2.75, 3.05) is 32.7 Å². The molecule has 0 aromatic rings. The van der Waals surface area contributed by atoms with Gasteiger partial charge in [0, 0.05) is 25.9 Å². The minimum Gasteiger partial charge on any atom is -0.356 e. The third-order valence-electron chi connectivity index (χ3n) is 7.53. The zero-order chi connectivity index (χ0) is 31.8. The van der Waals surface area contributed by atoms with Crippen molar-refractivity contribution in [3.8, 4) is 0 Å². The number of amides is 1. The highest BCUT2D eigenvalue weighted by Crippen LogP contribution is 2.11. The van der Waals surface area contributed by atoms with Gasteiger partial charge in [0.15, 0.2) is 0 Å². The number of carbonyl (C=O) groups is 2. The van der Waals surface area contributed by atoms with Crippen LogP contribution in [0.2, 0.25) is 0 Å². The Labute approximate surface area is 265 Å². The Bertz CT molecular complexity index is 470. The van der Waals surface area contributed by atoms with Crippen molar-refractivity contribution in [3.63, 3.8) is 0 Å². The van der Waals surface area contributed by atoms with Gasteiger partial charge in [0.25, 0.3) is 0 Å². The van der Waals surface area contributed by atoms with Crippen LogP contribution in [-0.4, -0.2) is 49.8 Å². The van der Waals surface area contributed by atoms with Crippen LogP contribution < -0.4 is 11.1 Å². The van der Waals surface area contributed by atoms with E-state index in [-0.39, 0.29) is 5.91 Å². The van der Waals surface area contributed by atoms with Crippen LogP contribution in [0.15, 0.2) is 0 Å². The van der Waals surface area contributed by atoms with Gasteiger partial charge < -0.3 is 20.7 Å². The minimum atomic E-state index is 0.213. The maximum atomic E-state index is 11.1. The van der Waals surface area contributed by atoms with Gasteiger partial charge in [-0.05, 0) is 51.7 Å². The lowest BCUT2D eigenvalue weighted by molar-refractivity contribution is -0.121. The highest BCUT2D eigenvalue weighted by atomic mass is 16.1. The molecule has 5 heteroatoms. The SMILES string of the molecule is CCCCCCCCCCCCCCN.CCCCCCCCCCNC(=O)CCC.CCCN(CCC)CCC=O. The van der Waals surface area contributed by atoms with Crippen molar-refractivity contribution >= 4 is 12.2 Å². The molecule has 0 spiro atoms. The van der Waals surface area contributed by atoms with Gasteiger partial charge in [-0.25, -0.2) is 0 Å². The summed E-state index contributed by atoms with van der Waals surface area (Å²) in [5.74, 6) is 0.213. The Morgan fingerprint density at radius 2 is 0.952 bits per heavy atom. The first kappa shape index (κ1) is 45.5. The molecule has 0 fully saturated rings. The van der Waals surface area contributed by atoms with Crippen molar-refractivity contribution in [1.29, 1.82) is 0 Å². The number of nitrogens with one attached hydrogen (secondary N) is 1. The zero-order valence-corrected chi connectivity index (χ0v) is 29.6. The molecule has 0 aliphatic carbocycles. The Hall–Kier alpha value is -0.940. The second kappa shape index (κ2) is 44.5. The van der Waals surface area contributed by atoms with Crippen LogP contribution in [0.3, 0.4) is 0 Å². The van der Waals surface area contributed by atoms with Gasteiger partial charge in [0.1, 0.15) is 6.29 Å². The summed E-state index contributed by atoms with van der Waals surface area (Å²) in [6, 6.07) is 0. The summed E-state index contributed by atoms with van der Waals surface area (Å²) >= 11 is 0. The van der Waals surface area contributed by atoms with Gasteiger partial charge in [-0.2, -0.15) is 0 Å². The van der Waals surface area contributed by atoms with Crippen molar-refractivity contribution in [3.05, 3.63) is 0 Å². The van der Waals surface area contributed by atoms with Gasteiger partial charge in [-0.1, -0.05) is 150 Å². The predicted molar refractivity (Wildman–Crippen MR) is 188 cm³/mol. The number of nitrogens with two attached hydrogens (primary N) is 1. The van der Waals surface area contributed by atoms with E-state index < -0.39 is 0 Å². The molecule has 0 unspecified atom stereocenters. The van der Waals surface area contributed by atoms with E-state index in [4.69, 9.17) is 5.73 Å². The first-order valence-electron chi connectivity index (χ1n) is 18.7. The molecule has 0 saturated heterocycles. The van der Waals surface area contributed by atoms with Crippen LogP contribution in [0.4, 0.5) is 0 Å². The summed E-state index contributed by atoms with van der Waals surface area (Å²) in [4.78, 5) is 23.6. The van der Waals surface area contributed by atoms with Crippen molar-refractivity contribution < 1.29 is 9.59 Å². The Kier molecular flexibility index (Phi) is 48.2. The van der Waals surface area contributed by atoms with Gasteiger partial charge in [0.2, 0.25) is 5.91 Å². The van der Waals surface area contributed by atoms with E-state index in [1.54, 1.807) is 0 Å². The minimum absolute atomic E-state index is 0.213. The van der Waals surface area contributed by atoms with E-state index in [2.05, 4.69) is 37.9 Å². The van der Waals surface area contributed by atoms with Crippen LogP contribution in [0, 0.1) is 0 Å². The summed E-state index contributed by atoms with van der Waals surface area (Å²) in [5, 5.41) is 2.96. The fraction of sp³-hybridized carbons (Fsp3) is 0.946. The van der Waals surface area contributed by atoms with Crippen molar-refractivity contribution in [2.45, 2.75) is 195 Å². The van der Waals surface area contributed by atoms with Crippen LogP contribution in [-0.2, 0) is 9.59 Å². The molecule has 0 aliphatic rings. The largest absolute Gasteiger partial charge is 0.356 e. The topological polar surface area (TPSA) is 75.4 Å².